The summed E-state index contributed by atoms with van der Waals surface area (Å²) in [6.07, 6.45) is -0.796. The summed E-state index contributed by atoms with van der Waals surface area (Å²) in [4.78, 5) is 20.1. The van der Waals surface area contributed by atoms with Crippen LogP contribution in [0.15, 0.2) is 30.5 Å². The third kappa shape index (κ3) is 4.85. The van der Waals surface area contributed by atoms with Crippen LogP contribution in [-0.4, -0.2) is 89.3 Å². The van der Waals surface area contributed by atoms with Crippen LogP contribution in [-0.2, 0) is 4.79 Å². The number of halogens is 1. The quantitative estimate of drug-likeness (QED) is 0.496. The van der Waals surface area contributed by atoms with Gasteiger partial charge in [0, 0.05) is 30.6 Å². The van der Waals surface area contributed by atoms with E-state index in [4.69, 9.17) is 9.47 Å². The van der Waals surface area contributed by atoms with Crippen molar-refractivity contribution in [2.45, 2.75) is 45.0 Å². The minimum absolute atomic E-state index is 0.193. The number of carbonyl (C=O) groups excluding carboxylic acids is 1. The van der Waals surface area contributed by atoms with Crippen LogP contribution in [0.3, 0.4) is 0 Å². The van der Waals surface area contributed by atoms with Gasteiger partial charge in [0.2, 0.25) is 0 Å². The van der Waals surface area contributed by atoms with E-state index in [9.17, 15) is 24.5 Å². The highest BCUT2D eigenvalue weighted by Gasteiger charge is 2.49. The van der Waals surface area contributed by atoms with Gasteiger partial charge in [-0.05, 0) is 43.2 Å². The van der Waals surface area contributed by atoms with Gasteiger partial charge in [0.05, 0.1) is 32.9 Å². The average Bonchev–Trinajstić information content (AvgIpc) is 3.19. The predicted octanol–water partition coefficient (Wildman–Crippen LogP) is 1.47. The number of rotatable bonds is 8. The number of aryl methyl sites for hydroxylation is 1. The van der Waals surface area contributed by atoms with Crippen molar-refractivity contribution in [3.63, 3.8) is 0 Å². The van der Waals surface area contributed by atoms with Gasteiger partial charge in [-0.1, -0.05) is 13.0 Å². The number of likely N-dealkylation sites (tertiary alicyclic amines) is 1. The molecule has 2 aliphatic rings. The Morgan fingerprint density at radius 3 is 2.58 bits per heavy atom. The molecule has 4 atom stereocenters. The Hall–Kier alpha value is -2.95. The number of ether oxygens (including phenoxy) is 2. The van der Waals surface area contributed by atoms with Crippen LogP contribution in [0.5, 0.6) is 11.5 Å². The zero-order chi connectivity index (χ0) is 26.2. The fraction of sp³-hybridized carbons (Fsp3) is 0.538. The lowest BCUT2D eigenvalue weighted by atomic mass is 9.72. The smallest absolute Gasteiger partial charge is 0.253 e. The van der Waals surface area contributed by atoms with Gasteiger partial charge in [0.25, 0.3) is 5.91 Å². The van der Waals surface area contributed by atoms with Crippen molar-refractivity contribution in [2.75, 3.05) is 44.8 Å². The molecule has 0 spiro atoms. The summed E-state index contributed by atoms with van der Waals surface area (Å²) in [5.74, 6) is 0.182. The van der Waals surface area contributed by atoms with Crippen LogP contribution in [0, 0.1) is 18.2 Å². The summed E-state index contributed by atoms with van der Waals surface area (Å²) in [6.45, 7) is 6.17. The number of anilines is 1. The molecule has 2 aromatic rings. The normalized spacial score (nSPS) is 23.8. The molecule has 0 radical (unpaired) electrons. The first-order valence-electron chi connectivity index (χ1n) is 12.0. The van der Waals surface area contributed by atoms with E-state index < -0.39 is 30.1 Å². The van der Waals surface area contributed by atoms with Gasteiger partial charge in [-0.2, -0.15) is 0 Å². The van der Waals surface area contributed by atoms with Crippen LogP contribution >= 0.6 is 0 Å². The number of aliphatic hydroxyl groups is 3. The molecule has 196 valence electrons. The van der Waals surface area contributed by atoms with Gasteiger partial charge in [-0.15, -0.1) is 0 Å². The Morgan fingerprint density at radius 1 is 1.25 bits per heavy atom. The molecule has 3 N–H and O–H groups in total. The Bertz CT molecular complexity index is 1110. The van der Waals surface area contributed by atoms with Crippen molar-refractivity contribution >= 4 is 11.7 Å². The SMILES string of the molecule is COc1ccc([C@@H]2CN(C(=O)[C@@H](O)CO)C[C@@]2(C)[C@@H](C)O)cc1OC1CN(c2ncc(C)cc2F)C1. The number of hydrogen-bond donors (Lipinski definition) is 3. The molecule has 1 amide bonds. The third-order valence-corrected chi connectivity index (χ3v) is 7.44. The minimum atomic E-state index is -1.49. The maximum atomic E-state index is 14.3. The average molecular weight is 504 g/mol. The summed E-state index contributed by atoms with van der Waals surface area (Å²) in [6, 6.07) is 6.98. The predicted molar refractivity (Wildman–Crippen MR) is 131 cm³/mol. The molecule has 3 heterocycles. The number of aliphatic hydroxyl groups excluding tert-OH is 3. The molecule has 4 rings (SSSR count). The highest BCUT2D eigenvalue weighted by Crippen LogP contribution is 2.47. The minimum Gasteiger partial charge on any atom is -0.493 e. The van der Waals surface area contributed by atoms with Crippen LogP contribution in [0.25, 0.3) is 0 Å². The highest BCUT2D eigenvalue weighted by atomic mass is 19.1. The monoisotopic (exact) mass is 503 g/mol. The summed E-state index contributed by atoms with van der Waals surface area (Å²) in [5.41, 5.74) is 0.928. The highest BCUT2D eigenvalue weighted by molar-refractivity contribution is 5.81. The van der Waals surface area contributed by atoms with Gasteiger partial charge in [0.1, 0.15) is 6.10 Å². The standard InChI is InChI=1S/C26H34FN3O6/c1-15-7-20(27)24(28-9-15)29-10-18(11-29)36-23-8-17(5-6-22(23)35-4)19-12-30(25(34)21(33)13-31)14-26(19,3)16(2)32/h5-9,16,18-19,21,31-33H,10-14H2,1-4H3/t16-,19+,21+,26+/m1/s1. The summed E-state index contributed by atoms with van der Waals surface area (Å²) < 4.78 is 26.0. The zero-order valence-electron chi connectivity index (χ0n) is 21.0. The third-order valence-electron chi connectivity index (χ3n) is 7.44. The van der Waals surface area contributed by atoms with Crippen molar-refractivity contribution in [1.82, 2.24) is 9.88 Å². The van der Waals surface area contributed by atoms with Crippen molar-refractivity contribution in [3.05, 3.63) is 47.4 Å². The number of pyridine rings is 1. The second-order valence-electron chi connectivity index (χ2n) is 10.0. The Labute approximate surface area is 210 Å². The molecular weight excluding hydrogens is 469 g/mol. The molecule has 10 heteroatoms. The van der Waals surface area contributed by atoms with Gasteiger partial charge in [0.15, 0.2) is 29.2 Å². The number of hydrogen-bond acceptors (Lipinski definition) is 8. The van der Waals surface area contributed by atoms with E-state index in [0.717, 1.165) is 11.1 Å². The molecule has 0 aliphatic carbocycles. The first-order chi connectivity index (χ1) is 17.1. The lowest BCUT2D eigenvalue weighted by Crippen LogP contribution is -2.54. The molecular formula is C26H34FN3O6. The van der Waals surface area contributed by atoms with Gasteiger partial charge < -0.3 is 34.6 Å². The number of carbonyl (C=O) groups is 1. The van der Waals surface area contributed by atoms with Crippen LogP contribution in [0.2, 0.25) is 0 Å². The molecule has 36 heavy (non-hydrogen) atoms. The lowest BCUT2D eigenvalue weighted by molar-refractivity contribution is -0.141. The van der Waals surface area contributed by atoms with Crippen molar-refractivity contribution in [2.24, 2.45) is 5.41 Å². The van der Waals surface area contributed by atoms with Crippen LogP contribution in [0.4, 0.5) is 10.2 Å². The van der Waals surface area contributed by atoms with Crippen molar-refractivity contribution < 1.29 is 34.0 Å². The largest absolute Gasteiger partial charge is 0.493 e. The Kier molecular flexibility index (Phi) is 7.40. The van der Waals surface area contributed by atoms with Gasteiger partial charge in [-0.3, -0.25) is 4.79 Å². The van der Waals surface area contributed by atoms with E-state index in [2.05, 4.69) is 4.98 Å². The Balaban J connectivity index is 1.53. The van der Waals surface area contributed by atoms with Crippen LogP contribution < -0.4 is 14.4 Å². The molecule has 2 saturated heterocycles. The topological polar surface area (TPSA) is 116 Å². The first kappa shape index (κ1) is 26.1. The van der Waals surface area contributed by atoms with Crippen molar-refractivity contribution in [1.29, 1.82) is 0 Å². The van der Waals surface area contributed by atoms with E-state index in [1.165, 1.54) is 11.0 Å². The van der Waals surface area contributed by atoms with E-state index in [-0.39, 0.29) is 30.9 Å². The number of methoxy groups -OCH3 is 1. The van der Waals surface area contributed by atoms with Crippen molar-refractivity contribution in [3.8, 4) is 11.5 Å². The molecule has 1 aromatic carbocycles. The number of aromatic nitrogens is 1. The maximum absolute atomic E-state index is 14.3. The zero-order valence-corrected chi connectivity index (χ0v) is 21.0. The van der Waals surface area contributed by atoms with E-state index in [1.807, 2.05) is 24.0 Å². The molecule has 1 aromatic heterocycles. The summed E-state index contributed by atoms with van der Waals surface area (Å²) in [7, 11) is 1.55. The van der Waals surface area contributed by atoms with E-state index >= 15 is 0 Å². The Morgan fingerprint density at radius 2 is 1.97 bits per heavy atom. The first-order valence-corrected chi connectivity index (χ1v) is 12.0. The molecule has 0 saturated carbocycles. The lowest BCUT2D eigenvalue weighted by Gasteiger charge is -2.40. The van der Waals surface area contributed by atoms with Gasteiger partial charge >= 0.3 is 0 Å². The molecule has 2 aliphatic heterocycles. The summed E-state index contributed by atoms with van der Waals surface area (Å²) >= 11 is 0. The molecule has 2 fully saturated rings. The maximum Gasteiger partial charge on any atom is 0.253 e. The van der Waals surface area contributed by atoms with E-state index in [1.54, 1.807) is 33.2 Å². The second-order valence-corrected chi connectivity index (χ2v) is 10.0. The molecule has 0 bridgehead atoms. The fourth-order valence-corrected chi connectivity index (χ4v) is 5.01. The molecule has 0 unspecified atom stereocenters. The molecule has 9 nitrogen and oxygen atoms in total. The summed E-state index contributed by atoms with van der Waals surface area (Å²) in [5, 5.41) is 29.7. The number of benzene rings is 1. The van der Waals surface area contributed by atoms with Crippen LogP contribution in [0.1, 0.15) is 30.9 Å². The second kappa shape index (κ2) is 10.2. The number of nitrogens with zero attached hydrogens (tertiary/aromatic N) is 3. The van der Waals surface area contributed by atoms with E-state index in [0.29, 0.717) is 30.4 Å². The van der Waals surface area contributed by atoms with Gasteiger partial charge in [-0.25, -0.2) is 9.37 Å². The number of amides is 1. The fourth-order valence-electron chi connectivity index (χ4n) is 5.01.